The summed E-state index contributed by atoms with van der Waals surface area (Å²) in [5.74, 6) is 2.31. The largest absolute Gasteiger partial charge is 0.342 e. The summed E-state index contributed by atoms with van der Waals surface area (Å²) in [6, 6.07) is 0. The van der Waals surface area contributed by atoms with E-state index in [1.165, 1.54) is 22.2 Å². The van der Waals surface area contributed by atoms with Crippen LogP contribution in [-0.4, -0.2) is 39.6 Å². The molecule has 24 heavy (non-hydrogen) atoms. The molecule has 1 amide bonds. The lowest BCUT2D eigenvalue weighted by molar-refractivity contribution is -0.127. The fraction of sp³-hybridized carbons (Fsp3) is 0.611. The van der Waals surface area contributed by atoms with Gasteiger partial charge in [-0.25, -0.2) is 9.97 Å². The van der Waals surface area contributed by atoms with E-state index in [2.05, 4.69) is 16.9 Å². The van der Waals surface area contributed by atoms with Crippen molar-refractivity contribution in [1.82, 2.24) is 14.9 Å². The smallest absolute Gasteiger partial charge is 0.232 e. The molecule has 2 aromatic heterocycles. The molecule has 6 heteroatoms. The van der Waals surface area contributed by atoms with Crippen LogP contribution in [0.1, 0.15) is 42.5 Å². The molecule has 0 saturated carbocycles. The van der Waals surface area contributed by atoms with Crippen LogP contribution < -0.4 is 0 Å². The fourth-order valence-corrected chi connectivity index (χ4v) is 6.20. The van der Waals surface area contributed by atoms with Gasteiger partial charge >= 0.3 is 0 Å². The van der Waals surface area contributed by atoms with E-state index in [-0.39, 0.29) is 5.91 Å². The molecule has 4 nitrogen and oxygen atoms in total. The van der Waals surface area contributed by atoms with Crippen molar-refractivity contribution in [3.8, 4) is 0 Å². The minimum atomic E-state index is 0.250. The van der Waals surface area contributed by atoms with Crippen LogP contribution in [0.4, 0.5) is 0 Å². The molecule has 4 rings (SSSR count). The van der Waals surface area contributed by atoms with E-state index in [0.29, 0.717) is 5.75 Å². The Kier molecular flexibility index (Phi) is 4.52. The molecule has 0 unspecified atom stereocenters. The second kappa shape index (κ2) is 6.64. The molecule has 0 bridgehead atoms. The lowest BCUT2D eigenvalue weighted by Crippen LogP contribution is -2.29. The molecule has 0 spiro atoms. The minimum absolute atomic E-state index is 0.250. The second-order valence-electron chi connectivity index (χ2n) is 6.98. The number of likely N-dealkylation sites (tertiary alicyclic amines) is 1. The normalized spacial score (nSPS) is 20.6. The number of nitrogens with zero attached hydrogens (tertiary/aromatic N) is 3. The first kappa shape index (κ1) is 16.3. The highest BCUT2D eigenvalue weighted by Gasteiger charge is 2.25. The number of thiophene rings is 1. The van der Waals surface area contributed by atoms with Gasteiger partial charge in [-0.15, -0.1) is 11.3 Å². The van der Waals surface area contributed by atoms with Crippen molar-refractivity contribution in [1.29, 1.82) is 0 Å². The molecule has 3 heterocycles. The number of thioether (sulfide) groups is 1. The Morgan fingerprint density at radius 1 is 1.33 bits per heavy atom. The minimum Gasteiger partial charge on any atom is -0.342 e. The van der Waals surface area contributed by atoms with E-state index in [0.717, 1.165) is 60.4 Å². The monoisotopic (exact) mass is 361 g/mol. The maximum absolute atomic E-state index is 12.4. The van der Waals surface area contributed by atoms with Gasteiger partial charge in [0.1, 0.15) is 15.7 Å². The van der Waals surface area contributed by atoms with E-state index in [1.807, 2.05) is 23.2 Å². The number of aromatic nitrogens is 2. The van der Waals surface area contributed by atoms with Gasteiger partial charge in [-0.1, -0.05) is 18.7 Å². The number of fused-ring (bicyclic) bond motifs is 3. The Bertz CT molecular complexity index is 780. The van der Waals surface area contributed by atoms with Crippen LogP contribution in [0.2, 0.25) is 0 Å². The highest BCUT2D eigenvalue weighted by Crippen LogP contribution is 2.40. The number of rotatable bonds is 3. The third kappa shape index (κ3) is 3.06. The second-order valence-corrected chi connectivity index (χ2v) is 9.03. The molecule has 0 aromatic carbocycles. The predicted molar refractivity (Wildman–Crippen MR) is 99.9 cm³/mol. The zero-order valence-corrected chi connectivity index (χ0v) is 15.9. The van der Waals surface area contributed by atoms with Gasteiger partial charge in [0.2, 0.25) is 5.91 Å². The molecule has 1 aliphatic heterocycles. The molecule has 2 aliphatic rings. The Morgan fingerprint density at radius 3 is 2.92 bits per heavy atom. The molecule has 0 radical (unpaired) electrons. The Morgan fingerprint density at radius 2 is 2.12 bits per heavy atom. The first-order chi connectivity index (χ1) is 11.6. The molecule has 128 valence electrons. The fourth-order valence-electron chi connectivity index (χ4n) is 3.70. The first-order valence-corrected chi connectivity index (χ1v) is 10.6. The summed E-state index contributed by atoms with van der Waals surface area (Å²) in [7, 11) is 0. The maximum atomic E-state index is 12.4. The summed E-state index contributed by atoms with van der Waals surface area (Å²) >= 11 is 3.43. The highest BCUT2D eigenvalue weighted by molar-refractivity contribution is 8.00. The molecule has 0 N–H and O–H groups in total. The van der Waals surface area contributed by atoms with E-state index < -0.39 is 0 Å². The topological polar surface area (TPSA) is 46.1 Å². The van der Waals surface area contributed by atoms with Gasteiger partial charge < -0.3 is 4.90 Å². The highest BCUT2D eigenvalue weighted by atomic mass is 32.2. The zero-order chi connectivity index (χ0) is 16.7. The molecule has 1 fully saturated rings. The molecule has 2 aromatic rings. The standard InChI is InChI=1S/C18H23N3OS2/c1-11-5-6-13-14(9-11)24-18-16(13)17(19-12(2)20-18)23-10-15(22)21-7-3-4-8-21/h11H,3-10H2,1-2H3/t11-/m1/s1. The van der Waals surface area contributed by atoms with Crippen molar-refractivity contribution in [2.45, 2.75) is 51.0 Å². The van der Waals surface area contributed by atoms with Crippen LogP contribution in [0.15, 0.2) is 5.03 Å². The van der Waals surface area contributed by atoms with Gasteiger partial charge in [-0.3, -0.25) is 4.79 Å². The molecular weight excluding hydrogens is 338 g/mol. The van der Waals surface area contributed by atoms with E-state index >= 15 is 0 Å². The van der Waals surface area contributed by atoms with Crippen molar-refractivity contribution in [2.75, 3.05) is 18.8 Å². The van der Waals surface area contributed by atoms with E-state index in [1.54, 1.807) is 11.8 Å². The summed E-state index contributed by atoms with van der Waals surface area (Å²) in [5.41, 5.74) is 1.45. The summed E-state index contributed by atoms with van der Waals surface area (Å²) in [4.78, 5) is 26.3. The summed E-state index contributed by atoms with van der Waals surface area (Å²) in [6.45, 7) is 6.12. The third-order valence-electron chi connectivity index (χ3n) is 5.02. The zero-order valence-electron chi connectivity index (χ0n) is 14.3. The van der Waals surface area contributed by atoms with Gasteiger partial charge in [0.05, 0.1) is 5.75 Å². The number of aryl methyl sites for hydroxylation is 2. The van der Waals surface area contributed by atoms with Crippen molar-refractivity contribution >= 4 is 39.2 Å². The number of carbonyl (C=O) groups excluding carboxylic acids is 1. The van der Waals surface area contributed by atoms with Crippen LogP contribution in [0.3, 0.4) is 0 Å². The lowest BCUT2D eigenvalue weighted by Gasteiger charge is -2.18. The Hall–Kier alpha value is -1.14. The van der Waals surface area contributed by atoms with Crippen LogP contribution >= 0.6 is 23.1 Å². The third-order valence-corrected chi connectivity index (χ3v) is 7.13. The van der Waals surface area contributed by atoms with Crippen LogP contribution in [0.25, 0.3) is 10.2 Å². The maximum Gasteiger partial charge on any atom is 0.232 e. The number of carbonyl (C=O) groups is 1. The summed E-state index contributed by atoms with van der Waals surface area (Å²) in [6.07, 6.45) is 5.80. The Labute approximate surface area is 151 Å². The van der Waals surface area contributed by atoms with Crippen LogP contribution in [0, 0.1) is 12.8 Å². The SMILES string of the molecule is Cc1nc(SCC(=O)N2CCCC2)c2c3c(sc2n1)C[C@H](C)CC3. The average Bonchev–Trinajstić information content (AvgIpc) is 3.18. The molecule has 1 aliphatic carbocycles. The van der Waals surface area contributed by atoms with Crippen LogP contribution in [-0.2, 0) is 17.6 Å². The molecule has 1 atom stereocenters. The lowest BCUT2D eigenvalue weighted by atomic mass is 9.89. The Balaban J connectivity index is 1.63. The van der Waals surface area contributed by atoms with Crippen LogP contribution in [0.5, 0.6) is 0 Å². The van der Waals surface area contributed by atoms with Crippen molar-refractivity contribution in [3.05, 3.63) is 16.3 Å². The quantitative estimate of drug-likeness (QED) is 0.615. The van der Waals surface area contributed by atoms with Gasteiger partial charge in [-0.05, 0) is 50.5 Å². The molecule has 1 saturated heterocycles. The van der Waals surface area contributed by atoms with Gasteiger partial charge in [0.15, 0.2) is 0 Å². The first-order valence-electron chi connectivity index (χ1n) is 8.81. The van der Waals surface area contributed by atoms with Gasteiger partial charge in [0.25, 0.3) is 0 Å². The number of hydrogen-bond acceptors (Lipinski definition) is 5. The average molecular weight is 362 g/mol. The van der Waals surface area contributed by atoms with E-state index in [4.69, 9.17) is 0 Å². The summed E-state index contributed by atoms with van der Waals surface area (Å²) < 4.78 is 0. The van der Waals surface area contributed by atoms with Crippen molar-refractivity contribution in [2.24, 2.45) is 5.92 Å². The molecular formula is C18H23N3OS2. The predicted octanol–water partition coefficient (Wildman–Crippen LogP) is 3.84. The summed E-state index contributed by atoms with van der Waals surface area (Å²) in [5, 5.41) is 2.24. The van der Waals surface area contributed by atoms with Crippen molar-refractivity contribution in [3.63, 3.8) is 0 Å². The number of hydrogen-bond donors (Lipinski definition) is 0. The number of amides is 1. The van der Waals surface area contributed by atoms with Gasteiger partial charge in [0, 0.05) is 23.4 Å². The van der Waals surface area contributed by atoms with Gasteiger partial charge in [-0.2, -0.15) is 0 Å². The van der Waals surface area contributed by atoms with Crippen molar-refractivity contribution < 1.29 is 4.79 Å². The van der Waals surface area contributed by atoms with E-state index in [9.17, 15) is 4.79 Å².